The third kappa shape index (κ3) is 4.19. The fraction of sp³-hybridized carbons (Fsp3) is 0.462. The minimum absolute atomic E-state index is 0.156. The zero-order valence-electron chi connectivity index (χ0n) is 10.5. The van der Waals surface area contributed by atoms with Crippen molar-refractivity contribution in [3.63, 3.8) is 0 Å². The van der Waals surface area contributed by atoms with Crippen LogP contribution in [0.1, 0.15) is 12.5 Å². The second-order valence-electron chi connectivity index (χ2n) is 3.86. The van der Waals surface area contributed by atoms with Crippen LogP contribution in [0.5, 0.6) is 0 Å². The first-order valence-electron chi connectivity index (χ1n) is 5.98. The molecule has 0 spiro atoms. The lowest BCUT2D eigenvalue weighted by Crippen LogP contribution is -2.31. The van der Waals surface area contributed by atoms with Crippen molar-refractivity contribution in [3.8, 4) is 6.07 Å². The third-order valence-electron chi connectivity index (χ3n) is 2.73. The number of benzene rings is 1. The van der Waals surface area contributed by atoms with Gasteiger partial charge in [-0.1, -0.05) is 24.6 Å². The second-order valence-corrected chi connectivity index (χ2v) is 4.27. The molecular formula is C13H18ClN3O. The lowest BCUT2D eigenvalue weighted by atomic mass is 10.2. The predicted molar refractivity (Wildman–Crippen MR) is 73.9 cm³/mol. The number of aliphatic hydroxyl groups is 1. The molecule has 0 aliphatic heterocycles. The third-order valence-corrected chi connectivity index (χ3v) is 3.04. The van der Waals surface area contributed by atoms with Gasteiger partial charge >= 0.3 is 0 Å². The number of para-hydroxylation sites is 1. The number of likely N-dealkylation sites (N-methyl/N-ethyl adjacent to an activating group) is 1. The van der Waals surface area contributed by atoms with Gasteiger partial charge in [-0.05, 0) is 18.7 Å². The fourth-order valence-corrected chi connectivity index (χ4v) is 1.95. The first kappa shape index (κ1) is 14.8. The Morgan fingerprint density at radius 3 is 2.83 bits per heavy atom. The van der Waals surface area contributed by atoms with Crippen LogP contribution < -0.4 is 5.32 Å². The van der Waals surface area contributed by atoms with Gasteiger partial charge in [0.05, 0.1) is 22.9 Å². The molecule has 0 atom stereocenters. The Kier molecular flexibility index (Phi) is 6.51. The summed E-state index contributed by atoms with van der Waals surface area (Å²) in [6, 6.07) is 7.37. The smallest absolute Gasteiger partial charge is 0.101 e. The van der Waals surface area contributed by atoms with E-state index >= 15 is 0 Å². The molecule has 0 bridgehead atoms. The zero-order chi connectivity index (χ0) is 13.4. The lowest BCUT2D eigenvalue weighted by molar-refractivity contribution is 0.206. The highest BCUT2D eigenvalue weighted by Gasteiger charge is 2.06. The normalized spacial score (nSPS) is 10.4. The van der Waals surface area contributed by atoms with Crippen LogP contribution in [-0.2, 0) is 0 Å². The average Bonchev–Trinajstić information content (AvgIpc) is 2.39. The van der Waals surface area contributed by atoms with Gasteiger partial charge in [-0.3, -0.25) is 4.90 Å². The highest BCUT2D eigenvalue weighted by atomic mass is 35.5. The van der Waals surface area contributed by atoms with E-state index in [9.17, 15) is 0 Å². The first-order chi connectivity index (χ1) is 8.72. The number of halogens is 1. The Labute approximate surface area is 113 Å². The van der Waals surface area contributed by atoms with E-state index in [-0.39, 0.29) is 6.61 Å². The van der Waals surface area contributed by atoms with Crippen LogP contribution in [-0.4, -0.2) is 42.8 Å². The molecule has 0 aromatic heterocycles. The quantitative estimate of drug-likeness (QED) is 0.793. The highest BCUT2D eigenvalue weighted by molar-refractivity contribution is 6.33. The molecule has 0 aliphatic carbocycles. The molecule has 1 aromatic carbocycles. The van der Waals surface area contributed by atoms with E-state index in [1.54, 1.807) is 18.2 Å². The molecule has 0 heterocycles. The molecule has 2 N–H and O–H groups in total. The summed E-state index contributed by atoms with van der Waals surface area (Å²) in [6.07, 6.45) is 0. The van der Waals surface area contributed by atoms with E-state index in [4.69, 9.17) is 22.0 Å². The van der Waals surface area contributed by atoms with Gasteiger partial charge in [0, 0.05) is 19.6 Å². The van der Waals surface area contributed by atoms with Gasteiger partial charge in [-0.25, -0.2) is 0 Å². The summed E-state index contributed by atoms with van der Waals surface area (Å²) in [5.41, 5.74) is 1.23. The van der Waals surface area contributed by atoms with E-state index in [0.29, 0.717) is 29.4 Å². The molecule has 0 amide bonds. The number of nitriles is 1. The Bertz CT molecular complexity index is 417. The molecule has 0 saturated carbocycles. The van der Waals surface area contributed by atoms with Gasteiger partial charge in [-0.2, -0.15) is 5.26 Å². The average molecular weight is 268 g/mol. The van der Waals surface area contributed by atoms with Crippen LogP contribution in [0.4, 0.5) is 5.69 Å². The highest BCUT2D eigenvalue weighted by Crippen LogP contribution is 2.24. The topological polar surface area (TPSA) is 59.3 Å². The van der Waals surface area contributed by atoms with Crippen molar-refractivity contribution in [2.24, 2.45) is 0 Å². The number of nitrogens with one attached hydrogen (secondary N) is 1. The number of anilines is 1. The predicted octanol–water partition coefficient (Wildman–Crippen LogP) is 1.94. The molecule has 0 aliphatic rings. The van der Waals surface area contributed by atoms with Crippen molar-refractivity contribution in [3.05, 3.63) is 28.8 Å². The molecule has 1 rings (SSSR count). The van der Waals surface area contributed by atoms with Crippen molar-refractivity contribution in [1.29, 1.82) is 5.26 Å². The first-order valence-corrected chi connectivity index (χ1v) is 6.36. The van der Waals surface area contributed by atoms with E-state index < -0.39 is 0 Å². The largest absolute Gasteiger partial charge is 0.395 e. The molecule has 0 fully saturated rings. The van der Waals surface area contributed by atoms with Gasteiger partial charge in [0.2, 0.25) is 0 Å². The molecular weight excluding hydrogens is 250 g/mol. The molecule has 5 heteroatoms. The van der Waals surface area contributed by atoms with E-state index in [2.05, 4.69) is 16.3 Å². The van der Waals surface area contributed by atoms with Crippen molar-refractivity contribution in [2.75, 3.05) is 38.1 Å². The number of aliphatic hydroxyl groups excluding tert-OH is 1. The summed E-state index contributed by atoms with van der Waals surface area (Å²) in [5, 5.41) is 21.6. The van der Waals surface area contributed by atoms with Crippen LogP contribution in [0.3, 0.4) is 0 Å². The van der Waals surface area contributed by atoms with Gasteiger partial charge in [-0.15, -0.1) is 0 Å². The summed E-state index contributed by atoms with van der Waals surface area (Å²) >= 11 is 6.05. The molecule has 0 saturated heterocycles. The van der Waals surface area contributed by atoms with Crippen molar-refractivity contribution in [2.45, 2.75) is 6.92 Å². The molecule has 1 aromatic rings. The zero-order valence-corrected chi connectivity index (χ0v) is 11.2. The van der Waals surface area contributed by atoms with Gasteiger partial charge < -0.3 is 10.4 Å². The summed E-state index contributed by atoms with van der Waals surface area (Å²) in [7, 11) is 0. The maximum absolute atomic E-state index is 8.99. The summed E-state index contributed by atoms with van der Waals surface area (Å²) in [5.74, 6) is 0. The monoisotopic (exact) mass is 267 g/mol. The van der Waals surface area contributed by atoms with E-state index in [1.165, 1.54) is 0 Å². The standard InChI is InChI=1S/C13H18ClN3O/c1-2-17(8-9-18)7-6-16-13-11(10-15)4-3-5-12(13)14/h3-5,16,18H,2,6-9H2,1H3. The summed E-state index contributed by atoms with van der Waals surface area (Å²) in [4.78, 5) is 2.12. The number of hydrogen-bond donors (Lipinski definition) is 2. The van der Waals surface area contributed by atoms with Gasteiger partial charge in [0.15, 0.2) is 0 Å². The molecule has 0 radical (unpaired) electrons. The van der Waals surface area contributed by atoms with Crippen LogP contribution in [0.2, 0.25) is 5.02 Å². The minimum Gasteiger partial charge on any atom is -0.395 e. The summed E-state index contributed by atoms with van der Waals surface area (Å²) in [6.45, 7) is 5.23. The van der Waals surface area contributed by atoms with Crippen molar-refractivity contribution < 1.29 is 5.11 Å². The maximum atomic E-state index is 8.99. The Morgan fingerprint density at radius 1 is 1.44 bits per heavy atom. The van der Waals surface area contributed by atoms with Gasteiger partial charge in [0.25, 0.3) is 0 Å². The van der Waals surface area contributed by atoms with Gasteiger partial charge in [0.1, 0.15) is 6.07 Å². The molecule has 98 valence electrons. The van der Waals surface area contributed by atoms with Crippen LogP contribution in [0.25, 0.3) is 0 Å². The van der Waals surface area contributed by atoms with Crippen LogP contribution in [0.15, 0.2) is 18.2 Å². The van der Waals surface area contributed by atoms with Crippen molar-refractivity contribution in [1.82, 2.24) is 4.90 Å². The SMILES string of the molecule is CCN(CCO)CCNc1c(Cl)cccc1C#N. The Morgan fingerprint density at radius 2 is 2.22 bits per heavy atom. The molecule has 18 heavy (non-hydrogen) atoms. The number of nitrogens with zero attached hydrogens (tertiary/aromatic N) is 2. The summed E-state index contributed by atoms with van der Waals surface area (Å²) < 4.78 is 0. The lowest BCUT2D eigenvalue weighted by Gasteiger charge is -2.20. The van der Waals surface area contributed by atoms with Crippen molar-refractivity contribution >= 4 is 17.3 Å². The van der Waals surface area contributed by atoms with Crippen LogP contribution in [0, 0.1) is 11.3 Å². The van der Waals surface area contributed by atoms with E-state index in [1.807, 2.05) is 6.92 Å². The second kappa shape index (κ2) is 7.93. The number of rotatable bonds is 7. The Balaban J connectivity index is 2.56. The van der Waals surface area contributed by atoms with Crippen LogP contribution >= 0.6 is 11.6 Å². The maximum Gasteiger partial charge on any atom is 0.101 e. The fourth-order valence-electron chi connectivity index (χ4n) is 1.71. The number of hydrogen-bond acceptors (Lipinski definition) is 4. The molecule has 4 nitrogen and oxygen atoms in total. The van der Waals surface area contributed by atoms with E-state index in [0.717, 1.165) is 13.1 Å². The minimum atomic E-state index is 0.156. The Hall–Kier alpha value is -1.28. The molecule has 0 unspecified atom stereocenters.